The highest BCUT2D eigenvalue weighted by Gasteiger charge is 2.29. The lowest BCUT2D eigenvalue weighted by Crippen LogP contribution is -2.36. The van der Waals surface area contributed by atoms with Gasteiger partial charge < -0.3 is 9.30 Å². The second-order valence-electron chi connectivity index (χ2n) is 8.53. The van der Waals surface area contributed by atoms with Gasteiger partial charge in [0, 0.05) is 33.4 Å². The molecule has 2 aromatic carbocycles. The number of anilines is 1. The molecule has 8 nitrogen and oxygen atoms in total. The SMILES string of the molecule is CCCCOC(=O)CN(c1ccc2c(ccn2-c2cc(C)nc(C)n2)c1)S(=O)(=O)c1cc(Cl)cc(Cl)c1. The first-order chi connectivity index (χ1) is 17.6. The summed E-state index contributed by atoms with van der Waals surface area (Å²) in [4.78, 5) is 21.3. The number of hydrogen-bond donors (Lipinski definition) is 0. The molecule has 0 saturated carbocycles. The third-order valence-electron chi connectivity index (χ3n) is 5.62. The van der Waals surface area contributed by atoms with Crippen molar-refractivity contribution in [1.29, 1.82) is 0 Å². The molecule has 0 fully saturated rings. The standard InChI is InChI=1S/C26H26Cl2N4O4S/c1-4-5-10-36-26(33)16-32(37(34,35)23-14-20(27)13-21(28)15-23)22-6-7-24-19(12-22)8-9-31(24)25-11-17(2)29-18(3)30-25/h6-9,11-15H,4-5,10,16H2,1-3H3. The first kappa shape index (κ1) is 26.9. The Kier molecular flexibility index (Phi) is 8.06. The zero-order valence-corrected chi connectivity index (χ0v) is 22.9. The van der Waals surface area contributed by atoms with E-state index < -0.39 is 22.5 Å². The Bertz CT molecular complexity index is 1530. The highest BCUT2D eigenvalue weighted by molar-refractivity contribution is 7.92. The fourth-order valence-corrected chi connectivity index (χ4v) is 6.05. The summed E-state index contributed by atoms with van der Waals surface area (Å²) in [6.07, 6.45) is 3.38. The van der Waals surface area contributed by atoms with Crippen molar-refractivity contribution in [2.45, 2.75) is 38.5 Å². The molecule has 37 heavy (non-hydrogen) atoms. The van der Waals surface area contributed by atoms with E-state index in [4.69, 9.17) is 27.9 Å². The van der Waals surface area contributed by atoms with E-state index in [-0.39, 0.29) is 21.5 Å². The summed E-state index contributed by atoms with van der Waals surface area (Å²) in [5, 5.41) is 1.09. The van der Waals surface area contributed by atoms with Crippen LogP contribution in [0.15, 0.2) is 59.6 Å². The van der Waals surface area contributed by atoms with Gasteiger partial charge in [0.05, 0.1) is 22.7 Å². The number of carbonyl (C=O) groups is 1. The second kappa shape index (κ2) is 11.1. The van der Waals surface area contributed by atoms with Gasteiger partial charge in [-0.15, -0.1) is 0 Å². The minimum absolute atomic E-state index is 0.129. The number of nitrogens with zero attached hydrogens (tertiary/aromatic N) is 4. The van der Waals surface area contributed by atoms with Crippen molar-refractivity contribution in [2.24, 2.45) is 0 Å². The van der Waals surface area contributed by atoms with Crippen LogP contribution in [0.4, 0.5) is 5.69 Å². The second-order valence-corrected chi connectivity index (χ2v) is 11.3. The smallest absolute Gasteiger partial charge is 0.326 e. The number of unbranched alkanes of at least 4 members (excludes halogenated alkanes) is 1. The zero-order valence-electron chi connectivity index (χ0n) is 20.6. The van der Waals surface area contributed by atoms with Crippen LogP contribution in [0.5, 0.6) is 0 Å². The monoisotopic (exact) mass is 560 g/mol. The molecule has 0 aliphatic rings. The minimum atomic E-state index is -4.21. The molecule has 0 atom stereocenters. The number of hydrogen-bond acceptors (Lipinski definition) is 6. The van der Waals surface area contributed by atoms with Crippen LogP contribution in [0.1, 0.15) is 31.3 Å². The van der Waals surface area contributed by atoms with Crippen LogP contribution in [-0.2, 0) is 19.6 Å². The highest BCUT2D eigenvalue weighted by atomic mass is 35.5. The van der Waals surface area contributed by atoms with Crippen molar-refractivity contribution >= 4 is 55.8 Å². The number of carbonyl (C=O) groups excluding carboxylic acids is 1. The average molecular weight is 561 g/mol. The summed E-state index contributed by atoms with van der Waals surface area (Å²) >= 11 is 12.2. The molecular formula is C26H26Cl2N4O4S. The van der Waals surface area contributed by atoms with E-state index in [1.54, 1.807) is 18.2 Å². The lowest BCUT2D eigenvalue weighted by molar-refractivity contribution is -0.141. The molecular weight excluding hydrogens is 535 g/mol. The molecule has 0 radical (unpaired) electrons. The average Bonchev–Trinajstić information content (AvgIpc) is 3.25. The van der Waals surface area contributed by atoms with Gasteiger partial charge in [0.15, 0.2) is 0 Å². The van der Waals surface area contributed by atoms with Crippen LogP contribution in [0.2, 0.25) is 10.0 Å². The van der Waals surface area contributed by atoms with Crippen molar-refractivity contribution in [2.75, 3.05) is 17.5 Å². The first-order valence-electron chi connectivity index (χ1n) is 11.7. The maximum atomic E-state index is 13.7. The number of sulfonamides is 1. The van der Waals surface area contributed by atoms with Crippen molar-refractivity contribution in [3.05, 3.63) is 76.3 Å². The molecule has 0 spiro atoms. The Morgan fingerprint density at radius 3 is 2.43 bits per heavy atom. The van der Waals surface area contributed by atoms with Crippen LogP contribution < -0.4 is 4.31 Å². The van der Waals surface area contributed by atoms with Crippen LogP contribution in [-0.4, -0.2) is 42.1 Å². The molecule has 11 heteroatoms. The van der Waals surface area contributed by atoms with Gasteiger partial charge in [-0.1, -0.05) is 36.5 Å². The Balaban J connectivity index is 1.77. The number of aromatic nitrogens is 3. The number of halogens is 2. The topological polar surface area (TPSA) is 94.4 Å². The predicted molar refractivity (Wildman–Crippen MR) is 145 cm³/mol. The molecule has 0 unspecified atom stereocenters. The van der Waals surface area contributed by atoms with Gasteiger partial charge in [0.2, 0.25) is 0 Å². The maximum absolute atomic E-state index is 13.7. The van der Waals surface area contributed by atoms with Crippen molar-refractivity contribution in [3.8, 4) is 5.82 Å². The number of aryl methyl sites for hydroxylation is 2. The summed E-state index contributed by atoms with van der Waals surface area (Å²) in [6.45, 7) is 5.40. The molecule has 4 rings (SSSR count). The number of fused-ring (bicyclic) bond motifs is 1. The van der Waals surface area contributed by atoms with Gasteiger partial charge in [0.25, 0.3) is 10.0 Å². The van der Waals surface area contributed by atoms with Crippen LogP contribution >= 0.6 is 23.2 Å². The zero-order chi connectivity index (χ0) is 26.7. The quantitative estimate of drug-likeness (QED) is 0.187. The molecule has 0 aliphatic heterocycles. The summed E-state index contributed by atoms with van der Waals surface area (Å²) in [5.41, 5.74) is 1.94. The van der Waals surface area contributed by atoms with Gasteiger partial charge in [-0.05, 0) is 62.7 Å². The van der Waals surface area contributed by atoms with Crippen LogP contribution in [0.25, 0.3) is 16.7 Å². The molecule has 194 valence electrons. The Hall–Kier alpha value is -3.14. The largest absolute Gasteiger partial charge is 0.464 e. The summed E-state index contributed by atoms with van der Waals surface area (Å²) in [7, 11) is -4.21. The van der Waals surface area contributed by atoms with E-state index in [1.165, 1.54) is 18.2 Å². The summed E-state index contributed by atoms with van der Waals surface area (Å²) in [6, 6.07) is 12.9. The lowest BCUT2D eigenvalue weighted by atomic mass is 10.2. The first-order valence-corrected chi connectivity index (χ1v) is 13.9. The fraction of sp³-hybridized carbons (Fsp3) is 0.269. The van der Waals surface area contributed by atoms with E-state index >= 15 is 0 Å². The van der Waals surface area contributed by atoms with Crippen LogP contribution in [0, 0.1) is 13.8 Å². The number of benzene rings is 2. The van der Waals surface area contributed by atoms with Crippen molar-refractivity contribution in [3.63, 3.8) is 0 Å². The fourth-order valence-electron chi connectivity index (χ4n) is 3.92. The molecule has 4 aromatic rings. The summed E-state index contributed by atoms with van der Waals surface area (Å²) < 4.78 is 35.6. The third-order valence-corrected chi connectivity index (χ3v) is 7.81. The maximum Gasteiger partial charge on any atom is 0.326 e. The van der Waals surface area contributed by atoms with Crippen LogP contribution in [0.3, 0.4) is 0 Å². The van der Waals surface area contributed by atoms with E-state index in [0.29, 0.717) is 23.8 Å². The predicted octanol–water partition coefficient (Wildman–Crippen LogP) is 5.88. The Labute approximate surface area is 225 Å². The van der Waals surface area contributed by atoms with E-state index in [1.807, 2.05) is 43.7 Å². The molecule has 0 amide bonds. The lowest BCUT2D eigenvalue weighted by Gasteiger charge is -2.24. The van der Waals surface area contributed by atoms with Gasteiger partial charge in [-0.3, -0.25) is 9.10 Å². The molecule has 2 aromatic heterocycles. The molecule has 0 aliphatic carbocycles. The number of esters is 1. The number of rotatable bonds is 9. The van der Waals surface area contributed by atoms with E-state index in [9.17, 15) is 13.2 Å². The Morgan fingerprint density at radius 1 is 1.03 bits per heavy atom. The van der Waals surface area contributed by atoms with Crippen molar-refractivity contribution < 1.29 is 17.9 Å². The van der Waals surface area contributed by atoms with Gasteiger partial charge in [0.1, 0.15) is 18.2 Å². The molecule has 0 bridgehead atoms. The van der Waals surface area contributed by atoms with Gasteiger partial charge >= 0.3 is 5.97 Å². The Morgan fingerprint density at radius 2 is 1.76 bits per heavy atom. The van der Waals surface area contributed by atoms with Gasteiger partial charge in [-0.2, -0.15) is 0 Å². The van der Waals surface area contributed by atoms with E-state index in [2.05, 4.69) is 9.97 Å². The minimum Gasteiger partial charge on any atom is -0.464 e. The molecule has 0 N–H and O–H groups in total. The van der Waals surface area contributed by atoms with E-state index in [0.717, 1.165) is 27.3 Å². The van der Waals surface area contributed by atoms with Crippen molar-refractivity contribution in [1.82, 2.24) is 14.5 Å². The third kappa shape index (κ3) is 6.06. The normalized spacial score (nSPS) is 11.6. The molecule has 0 saturated heterocycles. The van der Waals surface area contributed by atoms with Gasteiger partial charge in [-0.25, -0.2) is 18.4 Å². The summed E-state index contributed by atoms with van der Waals surface area (Å²) in [5.74, 6) is 0.688. The number of ether oxygens (including phenoxy) is 1. The highest BCUT2D eigenvalue weighted by Crippen LogP contribution is 2.31. The molecule has 2 heterocycles.